The molecule has 0 bridgehead atoms. The summed E-state index contributed by atoms with van der Waals surface area (Å²) in [7, 11) is -2.56. The van der Waals surface area contributed by atoms with Gasteiger partial charge in [0.1, 0.15) is 5.01 Å². The lowest BCUT2D eigenvalue weighted by Gasteiger charge is -2.44. The van der Waals surface area contributed by atoms with Crippen molar-refractivity contribution >= 4 is 30.0 Å². The van der Waals surface area contributed by atoms with Gasteiger partial charge in [0.25, 0.3) is 8.32 Å². The van der Waals surface area contributed by atoms with E-state index in [0.29, 0.717) is 13.0 Å². The van der Waals surface area contributed by atoms with Crippen molar-refractivity contribution in [1.29, 1.82) is 0 Å². The molecule has 0 unspecified atom stereocenters. The highest BCUT2D eigenvalue weighted by molar-refractivity contribution is 7.09. The fourth-order valence-electron chi connectivity index (χ4n) is 3.92. The molecular formula is C26H31NOSSi. The van der Waals surface area contributed by atoms with Gasteiger partial charge in [0.15, 0.2) is 0 Å². The quantitative estimate of drug-likeness (QED) is 0.379. The van der Waals surface area contributed by atoms with Crippen molar-refractivity contribution in [2.24, 2.45) is 0 Å². The zero-order valence-electron chi connectivity index (χ0n) is 18.6. The maximum atomic E-state index is 7.12. The number of hydrogen-bond donors (Lipinski definition) is 0. The van der Waals surface area contributed by atoms with Crippen molar-refractivity contribution in [3.05, 3.63) is 76.7 Å². The van der Waals surface area contributed by atoms with Crippen LogP contribution in [-0.2, 0) is 16.3 Å². The van der Waals surface area contributed by atoms with Gasteiger partial charge in [-0.05, 0) is 15.4 Å². The van der Waals surface area contributed by atoms with Gasteiger partial charge in [-0.2, -0.15) is 0 Å². The second-order valence-electron chi connectivity index (χ2n) is 9.36. The SMILES string of the molecule is C#CCc1csc(C(C)(C)CO[Si](c2ccccc2)(c2ccccc2)C(C)(C)C)n1. The summed E-state index contributed by atoms with van der Waals surface area (Å²) in [5.74, 6) is 2.69. The molecule has 0 aliphatic carbocycles. The van der Waals surface area contributed by atoms with E-state index in [1.54, 1.807) is 11.3 Å². The Morgan fingerprint density at radius 1 is 0.933 bits per heavy atom. The van der Waals surface area contributed by atoms with Gasteiger partial charge in [-0.1, -0.05) is 95.3 Å². The Hall–Kier alpha value is -2.19. The second-order valence-corrected chi connectivity index (χ2v) is 14.5. The second kappa shape index (κ2) is 8.89. The highest BCUT2D eigenvalue weighted by Crippen LogP contribution is 2.38. The van der Waals surface area contributed by atoms with E-state index in [0.717, 1.165) is 10.7 Å². The molecule has 2 aromatic carbocycles. The highest BCUT2D eigenvalue weighted by atomic mass is 32.1. The van der Waals surface area contributed by atoms with Gasteiger partial charge in [-0.15, -0.1) is 23.7 Å². The Bertz CT molecular complexity index is 957. The smallest absolute Gasteiger partial charge is 0.261 e. The molecule has 0 aliphatic heterocycles. The maximum Gasteiger partial charge on any atom is 0.261 e. The number of thiazole rings is 1. The fraction of sp³-hybridized carbons (Fsp3) is 0.346. The minimum absolute atomic E-state index is 0.0384. The molecule has 0 amide bonds. The van der Waals surface area contributed by atoms with Crippen LogP contribution in [0.1, 0.15) is 45.3 Å². The summed E-state index contributed by atoms with van der Waals surface area (Å²) in [6, 6.07) is 21.5. The van der Waals surface area contributed by atoms with E-state index in [4.69, 9.17) is 15.8 Å². The Labute approximate surface area is 186 Å². The Balaban J connectivity index is 2.04. The standard InChI is InChI=1S/C26H31NOSSi/c1-7-14-21-19-29-24(27-21)26(5,6)20-28-30(25(2,3)4,22-15-10-8-11-16-22)23-17-12-9-13-18-23/h1,8-13,15-19H,14,20H2,2-6H3. The molecule has 0 saturated carbocycles. The molecule has 4 heteroatoms. The van der Waals surface area contributed by atoms with Gasteiger partial charge in [0.2, 0.25) is 0 Å². The highest BCUT2D eigenvalue weighted by Gasteiger charge is 2.51. The van der Waals surface area contributed by atoms with Crippen molar-refractivity contribution in [3.63, 3.8) is 0 Å². The third kappa shape index (κ3) is 4.44. The van der Waals surface area contributed by atoms with Crippen LogP contribution in [-0.4, -0.2) is 19.9 Å². The predicted octanol–water partition coefficient (Wildman–Crippen LogP) is 5.17. The Morgan fingerprint density at radius 2 is 1.47 bits per heavy atom. The maximum absolute atomic E-state index is 7.12. The van der Waals surface area contributed by atoms with Crippen LogP contribution in [0, 0.1) is 12.3 Å². The first-order valence-electron chi connectivity index (χ1n) is 10.3. The van der Waals surface area contributed by atoms with E-state index < -0.39 is 8.32 Å². The van der Waals surface area contributed by atoms with Crippen molar-refractivity contribution in [2.45, 2.75) is 51.5 Å². The van der Waals surface area contributed by atoms with Crippen molar-refractivity contribution in [3.8, 4) is 12.3 Å². The summed E-state index contributed by atoms with van der Waals surface area (Å²) in [6.45, 7) is 11.9. The summed E-state index contributed by atoms with van der Waals surface area (Å²) >= 11 is 1.67. The van der Waals surface area contributed by atoms with E-state index in [1.165, 1.54) is 10.4 Å². The van der Waals surface area contributed by atoms with Crippen LogP contribution in [0.4, 0.5) is 0 Å². The van der Waals surface area contributed by atoms with Gasteiger partial charge in [0.05, 0.1) is 12.1 Å². The van der Waals surface area contributed by atoms with Gasteiger partial charge in [0, 0.05) is 17.4 Å². The van der Waals surface area contributed by atoms with Gasteiger partial charge < -0.3 is 4.43 Å². The van der Waals surface area contributed by atoms with Crippen molar-refractivity contribution in [1.82, 2.24) is 4.98 Å². The molecule has 0 N–H and O–H groups in total. The monoisotopic (exact) mass is 433 g/mol. The lowest BCUT2D eigenvalue weighted by Crippen LogP contribution is -2.67. The van der Waals surface area contributed by atoms with Crippen LogP contribution in [0.3, 0.4) is 0 Å². The van der Waals surface area contributed by atoms with Crippen LogP contribution in [0.5, 0.6) is 0 Å². The first-order valence-corrected chi connectivity index (χ1v) is 13.1. The molecule has 0 atom stereocenters. The number of aromatic nitrogens is 1. The summed E-state index contributed by atoms with van der Waals surface area (Å²) < 4.78 is 7.12. The topological polar surface area (TPSA) is 22.1 Å². The lowest BCUT2D eigenvalue weighted by atomic mass is 9.96. The third-order valence-electron chi connectivity index (χ3n) is 5.48. The summed E-state index contributed by atoms with van der Waals surface area (Å²) in [6.07, 6.45) is 6.04. The zero-order valence-corrected chi connectivity index (χ0v) is 20.4. The number of rotatable bonds is 7. The predicted molar refractivity (Wildman–Crippen MR) is 131 cm³/mol. The summed E-state index contributed by atoms with van der Waals surface area (Å²) in [4.78, 5) is 4.79. The van der Waals surface area contributed by atoms with E-state index in [-0.39, 0.29) is 10.5 Å². The van der Waals surface area contributed by atoms with E-state index in [1.807, 2.05) is 0 Å². The van der Waals surface area contributed by atoms with E-state index in [2.05, 4.69) is 107 Å². The average Bonchev–Trinajstić information content (AvgIpc) is 3.19. The number of terminal acetylenes is 1. The van der Waals surface area contributed by atoms with Gasteiger partial charge >= 0.3 is 0 Å². The normalized spacial score (nSPS) is 12.5. The summed E-state index contributed by atoms with van der Waals surface area (Å²) in [5, 5.41) is 5.70. The Morgan fingerprint density at radius 3 is 1.93 bits per heavy atom. The molecule has 3 rings (SSSR count). The van der Waals surface area contributed by atoms with Gasteiger partial charge in [-0.25, -0.2) is 4.98 Å². The molecule has 3 aromatic rings. The lowest BCUT2D eigenvalue weighted by molar-refractivity contribution is 0.226. The number of hydrogen-bond acceptors (Lipinski definition) is 3. The molecule has 30 heavy (non-hydrogen) atoms. The van der Waals surface area contributed by atoms with Crippen LogP contribution >= 0.6 is 11.3 Å². The molecule has 1 heterocycles. The largest absolute Gasteiger partial charge is 0.406 e. The van der Waals surface area contributed by atoms with Crippen LogP contribution in [0.15, 0.2) is 66.0 Å². The molecular weight excluding hydrogens is 402 g/mol. The molecule has 156 valence electrons. The fourth-order valence-corrected chi connectivity index (χ4v) is 9.58. The molecule has 0 aliphatic rings. The number of benzene rings is 2. The Kier molecular flexibility index (Phi) is 6.67. The van der Waals surface area contributed by atoms with Crippen molar-refractivity contribution < 1.29 is 4.43 Å². The van der Waals surface area contributed by atoms with Crippen molar-refractivity contribution in [2.75, 3.05) is 6.61 Å². The minimum atomic E-state index is -2.56. The molecule has 2 nitrogen and oxygen atoms in total. The first-order chi connectivity index (χ1) is 14.2. The van der Waals surface area contributed by atoms with Gasteiger partial charge in [-0.3, -0.25) is 0 Å². The van der Waals surface area contributed by atoms with E-state index >= 15 is 0 Å². The number of nitrogens with zero attached hydrogens (tertiary/aromatic N) is 1. The van der Waals surface area contributed by atoms with Crippen LogP contribution < -0.4 is 10.4 Å². The molecule has 0 fully saturated rings. The third-order valence-corrected chi connectivity index (χ3v) is 11.7. The molecule has 0 saturated heterocycles. The van der Waals surface area contributed by atoms with Crippen LogP contribution in [0.25, 0.3) is 0 Å². The van der Waals surface area contributed by atoms with E-state index in [9.17, 15) is 0 Å². The van der Waals surface area contributed by atoms with Crippen LogP contribution in [0.2, 0.25) is 5.04 Å². The average molecular weight is 434 g/mol. The molecule has 0 spiro atoms. The molecule has 0 radical (unpaired) electrons. The molecule has 1 aromatic heterocycles. The first kappa shape index (κ1) is 22.5. The zero-order chi connectivity index (χ0) is 21.8. The minimum Gasteiger partial charge on any atom is -0.406 e. The summed E-state index contributed by atoms with van der Waals surface area (Å²) in [5.41, 5.74) is 0.765.